The Kier molecular flexibility index (Phi) is 6.83. The third-order valence-electron chi connectivity index (χ3n) is 2.84. The summed E-state index contributed by atoms with van der Waals surface area (Å²) < 4.78 is 30.2. The van der Waals surface area contributed by atoms with E-state index in [0.29, 0.717) is 30.0 Å². The molecule has 0 unspecified atom stereocenters. The lowest BCUT2D eigenvalue weighted by Gasteiger charge is -2.11. The van der Waals surface area contributed by atoms with Gasteiger partial charge in [-0.3, -0.25) is 9.52 Å². The smallest absolute Gasteiger partial charge is 0.251 e. The van der Waals surface area contributed by atoms with Crippen molar-refractivity contribution in [3.8, 4) is 0 Å². The summed E-state index contributed by atoms with van der Waals surface area (Å²) in [4.78, 5) is 12.0. The van der Waals surface area contributed by atoms with Gasteiger partial charge in [0, 0.05) is 18.7 Å². The zero-order valence-electron chi connectivity index (χ0n) is 13.5. The molecule has 2 N–H and O–H groups in total. The highest BCUT2D eigenvalue weighted by molar-refractivity contribution is 7.92. The van der Waals surface area contributed by atoms with Gasteiger partial charge in [-0.05, 0) is 51.0 Å². The minimum absolute atomic E-state index is 0.182. The highest BCUT2D eigenvalue weighted by Gasteiger charge is 2.09. The van der Waals surface area contributed by atoms with E-state index in [0.717, 1.165) is 12.7 Å². The molecule has 0 saturated heterocycles. The lowest BCUT2D eigenvalue weighted by molar-refractivity contribution is 0.0757. The number of ether oxygens (including phenoxy) is 1. The molecule has 0 saturated carbocycles. The number of rotatable bonds is 8. The first kappa shape index (κ1) is 18.4. The van der Waals surface area contributed by atoms with E-state index in [1.165, 1.54) is 0 Å². The number of anilines is 1. The van der Waals surface area contributed by atoms with Crippen molar-refractivity contribution in [2.45, 2.75) is 33.3 Å². The normalized spacial score (nSPS) is 11.5. The summed E-state index contributed by atoms with van der Waals surface area (Å²) in [6, 6.07) is 4.85. The maximum Gasteiger partial charge on any atom is 0.251 e. The van der Waals surface area contributed by atoms with Crippen molar-refractivity contribution in [3.05, 3.63) is 29.3 Å². The maximum absolute atomic E-state index is 12.0. The van der Waals surface area contributed by atoms with E-state index >= 15 is 0 Å². The van der Waals surface area contributed by atoms with Gasteiger partial charge in [0.25, 0.3) is 5.91 Å². The molecule has 1 amide bonds. The van der Waals surface area contributed by atoms with Crippen molar-refractivity contribution >= 4 is 21.6 Å². The SMILES string of the molecule is Cc1cc(C(=O)NCCCOC(C)C)ccc1NS(C)(=O)=O. The van der Waals surface area contributed by atoms with Crippen LogP contribution in [0.25, 0.3) is 0 Å². The van der Waals surface area contributed by atoms with Gasteiger partial charge in [0.1, 0.15) is 0 Å². The maximum atomic E-state index is 12.0. The molecule has 1 aromatic rings. The summed E-state index contributed by atoms with van der Waals surface area (Å²) >= 11 is 0. The number of hydrogen-bond donors (Lipinski definition) is 2. The molecule has 0 fully saturated rings. The Morgan fingerprint density at radius 2 is 2.00 bits per heavy atom. The first-order chi connectivity index (χ1) is 10.2. The molecule has 0 atom stereocenters. The fourth-order valence-electron chi connectivity index (χ4n) is 1.81. The Labute approximate surface area is 132 Å². The van der Waals surface area contributed by atoms with Gasteiger partial charge >= 0.3 is 0 Å². The first-order valence-electron chi connectivity index (χ1n) is 7.17. The second-order valence-electron chi connectivity index (χ2n) is 5.43. The molecule has 0 aliphatic heterocycles. The Hall–Kier alpha value is -1.60. The molecule has 0 bridgehead atoms. The van der Waals surface area contributed by atoms with Crippen LogP contribution in [0.1, 0.15) is 36.2 Å². The van der Waals surface area contributed by atoms with Crippen LogP contribution in [0.3, 0.4) is 0 Å². The topological polar surface area (TPSA) is 84.5 Å². The van der Waals surface area contributed by atoms with Crippen LogP contribution >= 0.6 is 0 Å². The quantitative estimate of drug-likeness (QED) is 0.714. The fraction of sp³-hybridized carbons (Fsp3) is 0.533. The summed E-state index contributed by atoms with van der Waals surface area (Å²) in [5.41, 5.74) is 1.67. The molecule has 0 heterocycles. The minimum Gasteiger partial charge on any atom is -0.379 e. The molecule has 0 aromatic heterocycles. The Morgan fingerprint density at radius 3 is 2.55 bits per heavy atom. The van der Waals surface area contributed by atoms with Crippen LogP contribution in [0, 0.1) is 6.92 Å². The Morgan fingerprint density at radius 1 is 1.32 bits per heavy atom. The molecule has 0 radical (unpaired) electrons. The summed E-state index contributed by atoms with van der Waals surface area (Å²) in [6.45, 7) is 6.82. The number of carbonyl (C=O) groups is 1. The standard InChI is InChI=1S/C15H24N2O4S/c1-11(2)21-9-5-8-16-15(18)13-6-7-14(12(3)10-13)17-22(4,19)20/h6-7,10-11,17H,5,8-9H2,1-4H3,(H,16,18). The van der Waals surface area contributed by atoms with Gasteiger partial charge in [0.15, 0.2) is 0 Å². The molecule has 6 nitrogen and oxygen atoms in total. The molecule has 7 heteroatoms. The van der Waals surface area contributed by atoms with Crippen molar-refractivity contribution in [3.63, 3.8) is 0 Å². The third kappa shape index (κ3) is 6.91. The predicted molar refractivity (Wildman–Crippen MR) is 87.7 cm³/mol. The Bertz CT molecular complexity index is 612. The molecule has 0 aliphatic carbocycles. The van der Waals surface area contributed by atoms with Crippen molar-refractivity contribution < 1.29 is 17.9 Å². The average Bonchev–Trinajstić information content (AvgIpc) is 2.38. The van der Waals surface area contributed by atoms with Crippen LogP contribution < -0.4 is 10.0 Å². The molecule has 1 rings (SSSR count). The van der Waals surface area contributed by atoms with Gasteiger partial charge in [-0.25, -0.2) is 8.42 Å². The van der Waals surface area contributed by atoms with Crippen LogP contribution in [-0.4, -0.2) is 39.8 Å². The van der Waals surface area contributed by atoms with E-state index in [1.807, 2.05) is 13.8 Å². The van der Waals surface area contributed by atoms with Crippen LogP contribution in [-0.2, 0) is 14.8 Å². The number of aryl methyl sites for hydroxylation is 1. The summed E-state index contributed by atoms with van der Waals surface area (Å²) in [5.74, 6) is -0.182. The number of carbonyl (C=O) groups excluding carboxylic acids is 1. The van der Waals surface area contributed by atoms with Crippen molar-refractivity contribution in [1.29, 1.82) is 0 Å². The molecule has 0 aliphatic rings. The molecular weight excluding hydrogens is 304 g/mol. The lowest BCUT2D eigenvalue weighted by Crippen LogP contribution is -2.25. The van der Waals surface area contributed by atoms with Gasteiger partial charge in [0.2, 0.25) is 10.0 Å². The number of hydrogen-bond acceptors (Lipinski definition) is 4. The molecule has 22 heavy (non-hydrogen) atoms. The first-order valence-corrected chi connectivity index (χ1v) is 9.06. The van der Waals surface area contributed by atoms with Crippen LogP contribution in [0.5, 0.6) is 0 Å². The van der Waals surface area contributed by atoms with E-state index < -0.39 is 10.0 Å². The van der Waals surface area contributed by atoms with Crippen molar-refractivity contribution in [2.24, 2.45) is 0 Å². The Balaban J connectivity index is 2.55. The predicted octanol–water partition coefficient (Wildman–Crippen LogP) is 1.91. The zero-order valence-corrected chi connectivity index (χ0v) is 14.3. The van der Waals surface area contributed by atoms with Gasteiger partial charge in [-0.2, -0.15) is 0 Å². The van der Waals surface area contributed by atoms with Gasteiger partial charge in [-0.1, -0.05) is 0 Å². The van der Waals surface area contributed by atoms with E-state index in [9.17, 15) is 13.2 Å². The van der Waals surface area contributed by atoms with Crippen molar-refractivity contribution in [2.75, 3.05) is 24.1 Å². The molecular formula is C15H24N2O4S. The summed E-state index contributed by atoms with van der Waals surface area (Å²) in [6.07, 6.45) is 2.02. The second kappa shape index (κ2) is 8.14. The van der Waals surface area contributed by atoms with Crippen LogP contribution in [0.2, 0.25) is 0 Å². The lowest BCUT2D eigenvalue weighted by atomic mass is 10.1. The zero-order chi connectivity index (χ0) is 16.8. The molecule has 1 aromatic carbocycles. The number of amides is 1. The largest absolute Gasteiger partial charge is 0.379 e. The van der Waals surface area contributed by atoms with E-state index in [1.54, 1.807) is 25.1 Å². The number of sulfonamides is 1. The van der Waals surface area contributed by atoms with Crippen molar-refractivity contribution in [1.82, 2.24) is 5.32 Å². The average molecular weight is 328 g/mol. The van der Waals surface area contributed by atoms with E-state index in [4.69, 9.17) is 4.74 Å². The van der Waals surface area contributed by atoms with Gasteiger partial charge < -0.3 is 10.1 Å². The number of nitrogens with one attached hydrogen (secondary N) is 2. The number of benzene rings is 1. The summed E-state index contributed by atoms with van der Waals surface area (Å²) in [7, 11) is -3.32. The third-order valence-corrected chi connectivity index (χ3v) is 3.43. The van der Waals surface area contributed by atoms with Gasteiger partial charge in [0.05, 0.1) is 18.0 Å². The monoisotopic (exact) mass is 328 g/mol. The van der Waals surface area contributed by atoms with Crippen LogP contribution in [0.4, 0.5) is 5.69 Å². The minimum atomic E-state index is -3.32. The van der Waals surface area contributed by atoms with E-state index in [2.05, 4.69) is 10.0 Å². The molecule has 0 spiro atoms. The van der Waals surface area contributed by atoms with E-state index in [-0.39, 0.29) is 12.0 Å². The highest BCUT2D eigenvalue weighted by atomic mass is 32.2. The molecule has 124 valence electrons. The van der Waals surface area contributed by atoms with Crippen LogP contribution in [0.15, 0.2) is 18.2 Å². The summed E-state index contributed by atoms with van der Waals surface area (Å²) in [5, 5.41) is 2.81. The highest BCUT2D eigenvalue weighted by Crippen LogP contribution is 2.17. The second-order valence-corrected chi connectivity index (χ2v) is 7.18. The van der Waals surface area contributed by atoms with Gasteiger partial charge in [-0.15, -0.1) is 0 Å². The fourth-order valence-corrected chi connectivity index (χ4v) is 2.44.